The maximum Gasteiger partial charge on any atom is 0.310 e. The second-order valence-corrected chi connectivity index (χ2v) is 7.60. The van der Waals surface area contributed by atoms with Gasteiger partial charge in [-0.25, -0.2) is 8.42 Å². The molecule has 1 atom stereocenters. The Labute approximate surface area is 128 Å². The van der Waals surface area contributed by atoms with E-state index in [-0.39, 0.29) is 13.1 Å². The van der Waals surface area contributed by atoms with Crippen LogP contribution in [0.1, 0.15) is 18.9 Å². The van der Waals surface area contributed by atoms with E-state index in [0.29, 0.717) is 17.0 Å². The second kappa shape index (κ2) is 5.79. The lowest BCUT2D eigenvalue weighted by molar-refractivity contribution is -0.146. The molecular weight excluding hydrogens is 314 g/mol. The molecule has 2 rings (SSSR count). The first-order valence-electron chi connectivity index (χ1n) is 6.40. The molecule has 0 amide bonds. The first-order chi connectivity index (χ1) is 9.73. The number of hydrogen-bond acceptors (Lipinski definition) is 3. The molecule has 114 valence electrons. The van der Waals surface area contributed by atoms with Crippen molar-refractivity contribution >= 4 is 33.7 Å². The van der Waals surface area contributed by atoms with E-state index in [4.69, 9.17) is 16.7 Å². The van der Waals surface area contributed by atoms with Gasteiger partial charge in [-0.05, 0) is 37.1 Å². The third-order valence-corrected chi connectivity index (χ3v) is 5.38. The van der Waals surface area contributed by atoms with Crippen LogP contribution in [0, 0.1) is 5.41 Å². The number of rotatable bonds is 4. The van der Waals surface area contributed by atoms with E-state index in [2.05, 4.69) is 0 Å². The normalized spacial score (nSPS) is 23.7. The molecule has 1 saturated heterocycles. The predicted octanol–water partition coefficient (Wildman–Crippen LogP) is 2.44. The Hall–Kier alpha value is -1.37. The SMILES string of the molecule is CC1(C(=O)O)CCN(S(=O)(=O)C=Cc2ccc(Cl)cc2)C1. The quantitative estimate of drug-likeness (QED) is 0.920. The lowest BCUT2D eigenvalue weighted by atomic mass is 9.90. The summed E-state index contributed by atoms with van der Waals surface area (Å²) in [6.07, 6.45) is 1.79. The molecule has 21 heavy (non-hydrogen) atoms. The van der Waals surface area contributed by atoms with Crippen LogP contribution in [0.25, 0.3) is 6.08 Å². The van der Waals surface area contributed by atoms with E-state index < -0.39 is 21.4 Å². The largest absolute Gasteiger partial charge is 0.481 e. The number of aliphatic carboxylic acids is 1. The number of carboxylic acids is 1. The van der Waals surface area contributed by atoms with E-state index in [0.717, 1.165) is 5.41 Å². The molecule has 0 saturated carbocycles. The zero-order valence-electron chi connectivity index (χ0n) is 11.5. The number of halogens is 1. The van der Waals surface area contributed by atoms with Gasteiger partial charge in [-0.1, -0.05) is 23.7 Å². The summed E-state index contributed by atoms with van der Waals surface area (Å²) in [6.45, 7) is 1.78. The van der Waals surface area contributed by atoms with Gasteiger partial charge in [0.05, 0.1) is 5.41 Å². The Morgan fingerprint density at radius 1 is 1.38 bits per heavy atom. The third kappa shape index (κ3) is 3.64. The smallest absolute Gasteiger partial charge is 0.310 e. The van der Waals surface area contributed by atoms with Gasteiger partial charge in [0.25, 0.3) is 0 Å². The van der Waals surface area contributed by atoms with Crippen LogP contribution >= 0.6 is 11.6 Å². The average molecular weight is 330 g/mol. The zero-order valence-corrected chi connectivity index (χ0v) is 13.1. The minimum absolute atomic E-state index is 0.00434. The Morgan fingerprint density at radius 3 is 2.52 bits per heavy atom. The van der Waals surface area contributed by atoms with Crippen molar-refractivity contribution in [3.05, 3.63) is 40.3 Å². The van der Waals surface area contributed by atoms with Crippen LogP contribution < -0.4 is 0 Å². The number of carboxylic acid groups (broad SMARTS) is 1. The summed E-state index contributed by atoms with van der Waals surface area (Å²) in [4.78, 5) is 11.2. The van der Waals surface area contributed by atoms with Crippen LogP contribution in [0.5, 0.6) is 0 Å². The molecule has 0 spiro atoms. The summed E-state index contributed by atoms with van der Waals surface area (Å²) in [5, 5.41) is 10.8. The van der Waals surface area contributed by atoms with E-state index >= 15 is 0 Å². The highest BCUT2D eigenvalue weighted by molar-refractivity contribution is 7.92. The van der Waals surface area contributed by atoms with Gasteiger partial charge in [0, 0.05) is 23.5 Å². The highest BCUT2D eigenvalue weighted by Crippen LogP contribution is 2.32. The van der Waals surface area contributed by atoms with Gasteiger partial charge in [0.15, 0.2) is 0 Å². The van der Waals surface area contributed by atoms with Crippen LogP contribution in [0.4, 0.5) is 0 Å². The van der Waals surface area contributed by atoms with Gasteiger partial charge in [0.1, 0.15) is 0 Å². The van der Waals surface area contributed by atoms with Crippen LogP contribution in [-0.2, 0) is 14.8 Å². The van der Waals surface area contributed by atoms with Crippen molar-refractivity contribution in [1.82, 2.24) is 4.31 Å². The van der Waals surface area contributed by atoms with Gasteiger partial charge in [-0.15, -0.1) is 0 Å². The topological polar surface area (TPSA) is 74.7 Å². The average Bonchev–Trinajstić information content (AvgIpc) is 2.83. The maximum absolute atomic E-state index is 12.2. The Kier molecular flexibility index (Phi) is 4.41. The van der Waals surface area contributed by atoms with Crippen molar-refractivity contribution in [3.8, 4) is 0 Å². The second-order valence-electron chi connectivity index (χ2n) is 5.35. The fraction of sp³-hybridized carbons (Fsp3) is 0.357. The zero-order chi connectivity index (χ0) is 15.7. The summed E-state index contributed by atoms with van der Waals surface area (Å²) >= 11 is 5.76. The van der Waals surface area contributed by atoms with Crippen molar-refractivity contribution in [2.45, 2.75) is 13.3 Å². The molecule has 0 aliphatic carbocycles. The molecule has 1 aliphatic rings. The summed E-state index contributed by atoms with van der Waals surface area (Å²) in [6, 6.07) is 6.76. The van der Waals surface area contributed by atoms with Crippen LogP contribution in [0.2, 0.25) is 5.02 Å². The van der Waals surface area contributed by atoms with Crippen molar-refractivity contribution in [3.63, 3.8) is 0 Å². The Bertz CT molecular complexity index is 669. The molecule has 1 aliphatic heterocycles. The van der Waals surface area contributed by atoms with Crippen molar-refractivity contribution in [2.75, 3.05) is 13.1 Å². The van der Waals surface area contributed by atoms with Crippen LogP contribution in [0.15, 0.2) is 29.7 Å². The molecule has 0 radical (unpaired) electrons. The molecule has 7 heteroatoms. The van der Waals surface area contributed by atoms with E-state index in [9.17, 15) is 13.2 Å². The highest BCUT2D eigenvalue weighted by atomic mass is 35.5. The number of benzene rings is 1. The highest BCUT2D eigenvalue weighted by Gasteiger charge is 2.43. The lowest BCUT2D eigenvalue weighted by Gasteiger charge is -2.18. The summed E-state index contributed by atoms with van der Waals surface area (Å²) < 4.78 is 25.6. The lowest BCUT2D eigenvalue weighted by Crippen LogP contribution is -2.34. The monoisotopic (exact) mass is 329 g/mol. The summed E-state index contributed by atoms with van der Waals surface area (Å²) in [5.41, 5.74) is -0.301. The first-order valence-corrected chi connectivity index (χ1v) is 8.28. The van der Waals surface area contributed by atoms with Gasteiger partial charge in [0.2, 0.25) is 10.0 Å². The number of hydrogen-bond donors (Lipinski definition) is 1. The minimum Gasteiger partial charge on any atom is -0.481 e. The minimum atomic E-state index is -3.62. The first kappa shape index (κ1) is 16.0. The van der Waals surface area contributed by atoms with Crippen molar-refractivity contribution in [1.29, 1.82) is 0 Å². The molecule has 1 unspecified atom stereocenters. The Morgan fingerprint density at radius 2 is 2.00 bits per heavy atom. The molecule has 1 heterocycles. The van der Waals surface area contributed by atoms with Crippen LogP contribution in [0.3, 0.4) is 0 Å². The number of nitrogens with zero attached hydrogens (tertiary/aromatic N) is 1. The van der Waals surface area contributed by atoms with Crippen LogP contribution in [-0.4, -0.2) is 36.9 Å². The molecule has 0 aromatic heterocycles. The van der Waals surface area contributed by atoms with E-state index in [1.807, 2.05) is 0 Å². The van der Waals surface area contributed by atoms with Gasteiger partial charge >= 0.3 is 5.97 Å². The molecule has 1 aromatic rings. The molecule has 1 fully saturated rings. The third-order valence-electron chi connectivity index (χ3n) is 3.62. The van der Waals surface area contributed by atoms with Gasteiger partial charge in [-0.3, -0.25) is 4.79 Å². The van der Waals surface area contributed by atoms with Gasteiger partial charge in [-0.2, -0.15) is 4.31 Å². The molecule has 5 nitrogen and oxygen atoms in total. The number of carbonyl (C=O) groups is 1. The van der Waals surface area contributed by atoms with Crippen molar-refractivity contribution in [2.24, 2.45) is 5.41 Å². The molecule has 1 N–H and O–H groups in total. The maximum atomic E-state index is 12.2. The standard InChI is InChI=1S/C14H16ClNO4S/c1-14(13(17)18)7-8-16(10-14)21(19,20)9-6-11-2-4-12(15)5-3-11/h2-6,9H,7-8,10H2,1H3,(H,17,18). The predicted molar refractivity (Wildman–Crippen MR) is 81.3 cm³/mol. The fourth-order valence-corrected chi connectivity index (χ4v) is 3.57. The molecule has 0 bridgehead atoms. The summed E-state index contributed by atoms with van der Waals surface area (Å²) in [7, 11) is -3.62. The van der Waals surface area contributed by atoms with Gasteiger partial charge < -0.3 is 5.11 Å². The number of sulfonamides is 1. The Balaban J connectivity index is 2.13. The molecule has 1 aromatic carbocycles. The fourth-order valence-electron chi connectivity index (χ4n) is 2.14. The van der Waals surface area contributed by atoms with Crippen molar-refractivity contribution < 1.29 is 18.3 Å². The van der Waals surface area contributed by atoms with E-state index in [1.165, 1.54) is 10.4 Å². The van der Waals surface area contributed by atoms with E-state index in [1.54, 1.807) is 31.2 Å². The molecular formula is C14H16ClNO4S. The summed E-state index contributed by atoms with van der Waals surface area (Å²) in [5.74, 6) is -0.970.